The van der Waals surface area contributed by atoms with Gasteiger partial charge in [-0.2, -0.15) is 0 Å². The fourth-order valence-corrected chi connectivity index (χ4v) is 5.16. The highest BCUT2D eigenvalue weighted by molar-refractivity contribution is 7.90. The van der Waals surface area contributed by atoms with Crippen molar-refractivity contribution in [3.8, 4) is 11.5 Å². The van der Waals surface area contributed by atoms with Crippen LogP contribution >= 0.6 is 34.8 Å². The molecule has 1 heterocycles. The van der Waals surface area contributed by atoms with E-state index in [1.165, 1.54) is 38.5 Å². The van der Waals surface area contributed by atoms with E-state index in [2.05, 4.69) is 5.32 Å². The molecule has 0 saturated carbocycles. The lowest BCUT2D eigenvalue weighted by molar-refractivity contribution is -0.116. The molecule has 0 fully saturated rings. The summed E-state index contributed by atoms with van der Waals surface area (Å²) in [5.41, 5.74) is -0.0781. The molecule has 0 aromatic heterocycles. The summed E-state index contributed by atoms with van der Waals surface area (Å²) in [6, 6.07) is 5.14. The molecule has 8 nitrogen and oxygen atoms in total. The number of hydrogen-bond acceptors (Lipinski definition) is 6. The van der Waals surface area contributed by atoms with Crippen LogP contribution in [0.15, 0.2) is 29.2 Å². The van der Waals surface area contributed by atoms with Crippen LogP contribution in [-0.4, -0.2) is 45.3 Å². The Morgan fingerprint density at radius 1 is 1.03 bits per heavy atom. The monoisotopic (exact) mass is 478 g/mol. The van der Waals surface area contributed by atoms with Gasteiger partial charge in [-0.1, -0.05) is 34.8 Å². The number of sulfonamides is 1. The Bertz CT molecular complexity index is 1110. The normalized spacial score (nSPS) is 14.5. The maximum Gasteiger partial charge on any atom is 0.269 e. The molecule has 3 rings (SSSR count). The molecule has 2 aromatic rings. The number of ether oxygens (including phenoxy) is 2. The van der Waals surface area contributed by atoms with E-state index in [4.69, 9.17) is 44.3 Å². The molecule has 0 bridgehead atoms. The predicted molar refractivity (Wildman–Crippen MR) is 108 cm³/mol. The van der Waals surface area contributed by atoms with Crippen molar-refractivity contribution >= 4 is 62.3 Å². The molecule has 154 valence electrons. The third-order valence-electron chi connectivity index (χ3n) is 4.07. The van der Waals surface area contributed by atoms with Gasteiger partial charge >= 0.3 is 0 Å². The molecule has 2 amide bonds. The lowest BCUT2D eigenvalue weighted by Crippen LogP contribution is -2.37. The highest BCUT2D eigenvalue weighted by Crippen LogP contribution is 2.39. The molecule has 0 saturated heterocycles. The van der Waals surface area contributed by atoms with E-state index in [-0.39, 0.29) is 42.7 Å². The first-order valence-electron chi connectivity index (χ1n) is 7.87. The highest BCUT2D eigenvalue weighted by atomic mass is 35.5. The van der Waals surface area contributed by atoms with Gasteiger partial charge in [0.15, 0.2) is 11.5 Å². The second-order valence-corrected chi connectivity index (χ2v) is 8.89. The number of halogens is 3. The number of methoxy groups -OCH3 is 2. The molecule has 0 radical (unpaired) electrons. The van der Waals surface area contributed by atoms with Crippen LogP contribution in [-0.2, 0) is 14.8 Å². The van der Waals surface area contributed by atoms with Crippen molar-refractivity contribution in [2.24, 2.45) is 0 Å². The molecule has 0 aliphatic carbocycles. The van der Waals surface area contributed by atoms with Gasteiger partial charge in [0.1, 0.15) is 11.4 Å². The number of fused-ring (bicyclic) bond motifs is 1. The zero-order chi connectivity index (χ0) is 21.5. The van der Waals surface area contributed by atoms with Crippen LogP contribution in [0.4, 0.5) is 5.69 Å². The SMILES string of the molecule is COc1cc2c(cc1OC)S(=O)(=O)N(CC(=O)Nc1c(Cl)cc(Cl)cc1Cl)C2=O. The van der Waals surface area contributed by atoms with Gasteiger partial charge < -0.3 is 14.8 Å². The van der Waals surface area contributed by atoms with E-state index in [9.17, 15) is 18.0 Å². The van der Waals surface area contributed by atoms with E-state index < -0.39 is 28.4 Å². The van der Waals surface area contributed by atoms with Gasteiger partial charge in [-0.25, -0.2) is 12.7 Å². The number of carbonyl (C=O) groups excluding carboxylic acids is 2. The minimum atomic E-state index is -4.27. The zero-order valence-electron chi connectivity index (χ0n) is 15.0. The number of nitrogens with one attached hydrogen (secondary N) is 1. The average Bonchev–Trinajstić information content (AvgIpc) is 2.83. The van der Waals surface area contributed by atoms with E-state index in [1.807, 2.05) is 0 Å². The molecule has 1 N–H and O–H groups in total. The Morgan fingerprint density at radius 3 is 2.14 bits per heavy atom. The Morgan fingerprint density at radius 2 is 1.59 bits per heavy atom. The van der Waals surface area contributed by atoms with Crippen molar-refractivity contribution in [3.05, 3.63) is 44.9 Å². The summed E-state index contributed by atoms with van der Waals surface area (Å²) in [5, 5.41) is 2.77. The molecular weight excluding hydrogens is 467 g/mol. The number of anilines is 1. The fourth-order valence-electron chi connectivity index (χ4n) is 2.73. The molecule has 29 heavy (non-hydrogen) atoms. The molecule has 1 aliphatic rings. The molecule has 12 heteroatoms. The first-order chi connectivity index (χ1) is 13.6. The Hall–Kier alpha value is -2.20. The standard InChI is InChI=1S/C17H13Cl3N2O6S/c1-27-12-5-9-14(6-13(12)28-2)29(25,26)22(17(9)24)7-15(23)21-16-10(19)3-8(18)4-11(16)20/h3-6H,7H2,1-2H3,(H,21,23). The lowest BCUT2D eigenvalue weighted by atomic mass is 10.2. The fraction of sp³-hybridized carbons (Fsp3) is 0.176. The summed E-state index contributed by atoms with van der Waals surface area (Å²) < 4.78 is 36.2. The molecule has 0 spiro atoms. The van der Waals surface area contributed by atoms with Gasteiger partial charge in [0.25, 0.3) is 15.9 Å². The number of amides is 2. The minimum absolute atomic E-state index is 0.0487. The average molecular weight is 480 g/mol. The predicted octanol–water partition coefficient (Wildman–Crippen LogP) is 3.45. The van der Waals surface area contributed by atoms with E-state index in [0.29, 0.717) is 4.31 Å². The van der Waals surface area contributed by atoms with Crippen LogP contribution in [0.5, 0.6) is 11.5 Å². The number of hydrogen-bond donors (Lipinski definition) is 1. The van der Waals surface area contributed by atoms with Gasteiger partial charge in [0.2, 0.25) is 5.91 Å². The molecular formula is C17H13Cl3N2O6S. The summed E-state index contributed by atoms with van der Waals surface area (Å²) in [4.78, 5) is 24.8. The van der Waals surface area contributed by atoms with Crippen molar-refractivity contribution in [1.82, 2.24) is 4.31 Å². The van der Waals surface area contributed by atoms with Gasteiger partial charge in [-0.3, -0.25) is 9.59 Å². The van der Waals surface area contributed by atoms with Crippen molar-refractivity contribution in [2.45, 2.75) is 4.90 Å². The Balaban J connectivity index is 1.90. The van der Waals surface area contributed by atoms with E-state index in [0.717, 1.165) is 0 Å². The van der Waals surface area contributed by atoms with Crippen LogP contribution in [0.1, 0.15) is 10.4 Å². The summed E-state index contributed by atoms with van der Waals surface area (Å²) in [5.74, 6) is -1.38. The highest BCUT2D eigenvalue weighted by Gasteiger charge is 2.43. The third kappa shape index (κ3) is 3.83. The second-order valence-electron chi connectivity index (χ2n) is 5.81. The van der Waals surface area contributed by atoms with Crippen LogP contribution in [0.3, 0.4) is 0 Å². The van der Waals surface area contributed by atoms with Crippen molar-refractivity contribution in [3.63, 3.8) is 0 Å². The minimum Gasteiger partial charge on any atom is -0.493 e. The van der Waals surface area contributed by atoms with Crippen molar-refractivity contribution in [1.29, 1.82) is 0 Å². The van der Waals surface area contributed by atoms with Crippen LogP contribution in [0.2, 0.25) is 15.1 Å². The van der Waals surface area contributed by atoms with Gasteiger partial charge in [-0.15, -0.1) is 0 Å². The molecule has 0 unspecified atom stereocenters. The molecule has 0 atom stereocenters. The molecule has 2 aromatic carbocycles. The number of rotatable bonds is 5. The van der Waals surface area contributed by atoms with Crippen LogP contribution < -0.4 is 14.8 Å². The first kappa shape index (κ1) is 21.5. The quantitative estimate of drug-likeness (QED) is 0.705. The van der Waals surface area contributed by atoms with E-state index in [1.54, 1.807) is 0 Å². The smallest absolute Gasteiger partial charge is 0.269 e. The number of carbonyl (C=O) groups is 2. The second kappa shape index (κ2) is 7.91. The summed E-state index contributed by atoms with van der Waals surface area (Å²) in [7, 11) is -1.59. The topological polar surface area (TPSA) is 102 Å². The lowest BCUT2D eigenvalue weighted by Gasteiger charge is -2.16. The molecule has 1 aliphatic heterocycles. The van der Waals surface area contributed by atoms with E-state index >= 15 is 0 Å². The largest absolute Gasteiger partial charge is 0.493 e. The number of nitrogens with zero attached hydrogens (tertiary/aromatic N) is 1. The maximum absolute atomic E-state index is 12.8. The zero-order valence-corrected chi connectivity index (χ0v) is 18.0. The third-order valence-corrected chi connectivity index (χ3v) is 6.65. The van der Waals surface area contributed by atoms with Crippen LogP contribution in [0, 0.1) is 0 Å². The van der Waals surface area contributed by atoms with Gasteiger partial charge in [0.05, 0.1) is 35.5 Å². The number of benzene rings is 2. The van der Waals surface area contributed by atoms with Crippen molar-refractivity contribution < 1.29 is 27.5 Å². The first-order valence-corrected chi connectivity index (χ1v) is 10.4. The summed E-state index contributed by atoms with van der Waals surface area (Å²) in [6.07, 6.45) is 0. The summed E-state index contributed by atoms with van der Waals surface area (Å²) in [6.45, 7) is -0.782. The van der Waals surface area contributed by atoms with Crippen molar-refractivity contribution in [2.75, 3.05) is 26.1 Å². The maximum atomic E-state index is 12.8. The van der Waals surface area contributed by atoms with Crippen LogP contribution in [0.25, 0.3) is 0 Å². The van der Waals surface area contributed by atoms with Gasteiger partial charge in [0, 0.05) is 11.1 Å². The Labute approximate surface area is 181 Å². The summed E-state index contributed by atoms with van der Waals surface area (Å²) >= 11 is 17.8. The van der Waals surface area contributed by atoms with Gasteiger partial charge in [-0.05, 0) is 18.2 Å². The Kier molecular flexibility index (Phi) is 5.86.